The molecule has 94 valence electrons. The summed E-state index contributed by atoms with van der Waals surface area (Å²) in [4.78, 5) is 13.6. The highest BCUT2D eigenvalue weighted by atomic mass is 35.5. The summed E-state index contributed by atoms with van der Waals surface area (Å²) in [6.07, 6.45) is 0.512. The minimum Gasteiger partial charge on any atom is -0.396 e. The highest BCUT2D eigenvalue weighted by Gasteiger charge is 2.16. The summed E-state index contributed by atoms with van der Waals surface area (Å²) in [5.74, 6) is -0.712. The number of benzene rings is 1. The first-order chi connectivity index (χ1) is 8.10. The Morgan fingerprint density at radius 3 is 2.76 bits per heavy atom. The lowest BCUT2D eigenvalue weighted by molar-refractivity contribution is 0.0754. The van der Waals surface area contributed by atoms with Crippen molar-refractivity contribution in [1.29, 1.82) is 0 Å². The van der Waals surface area contributed by atoms with Crippen LogP contribution in [0.4, 0.5) is 4.39 Å². The van der Waals surface area contributed by atoms with Gasteiger partial charge in [0.1, 0.15) is 5.82 Å². The molecule has 0 aliphatic rings. The molecular formula is C12H15ClFNO2. The number of carbonyl (C=O) groups excluding carboxylic acids is 1. The Bertz CT molecular complexity index is 398. The molecule has 3 nitrogen and oxygen atoms in total. The van der Waals surface area contributed by atoms with Crippen LogP contribution in [0.25, 0.3) is 0 Å². The van der Waals surface area contributed by atoms with E-state index in [0.717, 1.165) is 6.07 Å². The molecule has 1 aromatic carbocycles. The Balaban J connectivity index is 2.86. The molecule has 1 aromatic rings. The molecule has 17 heavy (non-hydrogen) atoms. The smallest absolute Gasteiger partial charge is 0.255 e. The second kappa shape index (κ2) is 6.57. The third kappa shape index (κ3) is 3.68. The molecule has 1 amide bonds. The van der Waals surface area contributed by atoms with Gasteiger partial charge in [-0.2, -0.15) is 0 Å². The van der Waals surface area contributed by atoms with Gasteiger partial charge in [0.15, 0.2) is 0 Å². The van der Waals surface area contributed by atoms with Crippen LogP contribution in [0, 0.1) is 5.82 Å². The number of carbonyl (C=O) groups is 1. The van der Waals surface area contributed by atoms with E-state index in [4.69, 9.17) is 16.7 Å². The van der Waals surface area contributed by atoms with Gasteiger partial charge in [0.25, 0.3) is 5.91 Å². The van der Waals surface area contributed by atoms with E-state index < -0.39 is 5.82 Å². The van der Waals surface area contributed by atoms with E-state index in [1.54, 1.807) is 4.90 Å². The molecule has 1 rings (SSSR count). The fourth-order valence-electron chi connectivity index (χ4n) is 1.50. The molecule has 0 saturated carbocycles. The zero-order valence-electron chi connectivity index (χ0n) is 9.62. The van der Waals surface area contributed by atoms with Crippen LogP contribution < -0.4 is 0 Å². The van der Waals surface area contributed by atoms with Gasteiger partial charge >= 0.3 is 0 Å². The standard InChI is InChI=1S/C12H15ClFNO2/c1-2-15(6-3-7-16)12(17)10-5-4-9(14)8-11(10)13/h4-5,8,16H,2-3,6-7H2,1H3. The quantitative estimate of drug-likeness (QED) is 0.882. The van der Waals surface area contributed by atoms with E-state index >= 15 is 0 Å². The normalized spacial score (nSPS) is 10.4. The zero-order valence-corrected chi connectivity index (χ0v) is 10.4. The number of amides is 1. The molecule has 0 radical (unpaired) electrons. The van der Waals surface area contributed by atoms with E-state index in [9.17, 15) is 9.18 Å². The van der Waals surface area contributed by atoms with Gasteiger partial charge in [-0.15, -0.1) is 0 Å². The van der Waals surface area contributed by atoms with Gasteiger partial charge in [-0.3, -0.25) is 4.79 Å². The Morgan fingerprint density at radius 2 is 2.24 bits per heavy atom. The van der Waals surface area contributed by atoms with Crippen LogP contribution >= 0.6 is 11.6 Å². The lowest BCUT2D eigenvalue weighted by Crippen LogP contribution is -2.32. The number of rotatable bonds is 5. The first kappa shape index (κ1) is 13.9. The molecule has 0 aliphatic heterocycles. The summed E-state index contributed by atoms with van der Waals surface area (Å²) in [5, 5.41) is 8.85. The van der Waals surface area contributed by atoms with Gasteiger partial charge in [0, 0.05) is 19.7 Å². The zero-order chi connectivity index (χ0) is 12.8. The van der Waals surface area contributed by atoms with Crippen molar-refractivity contribution < 1.29 is 14.3 Å². The topological polar surface area (TPSA) is 40.5 Å². The predicted octanol–water partition coefficient (Wildman–Crippen LogP) is 2.32. The van der Waals surface area contributed by atoms with Crippen molar-refractivity contribution in [3.63, 3.8) is 0 Å². The highest BCUT2D eigenvalue weighted by Crippen LogP contribution is 2.19. The van der Waals surface area contributed by atoms with Crippen molar-refractivity contribution in [1.82, 2.24) is 4.90 Å². The Morgan fingerprint density at radius 1 is 1.53 bits per heavy atom. The molecule has 0 saturated heterocycles. The molecule has 0 spiro atoms. The van der Waals surface area contributed by atoms with Crippen LogP contribution in [0.3, 0.4) is 0 Å². The SMILES string of the molecule is CCN(CCCO)C(=O)c1ccc(F)cc1Cl. The average Bonchev–Trinajstić information content (AvgIpc) is 2.29. The third-order valence-corrected chi connectivity index (χ3v) is 2.73. The first-order valence-corrected chi connectivity index (χ1v) is 5.83. The van der Waals surface area contributed by atoms with Gasteiger partial charge in [-0.25, -0.2) is 4.39 Å². The molecule has 5 heteroatoms. The lowest BCUT2D eigenvalue weighted by Gasteiger charge is -2.21. The molecule has 0 fully saturated rings. The molecule has 0 atom stereocenters. The average molecular weight is 260 g/mol. The molecule has 0 unspecified atom stereocenters. The van der Waals surface area contributed by atoms with Crippen LogP contribution in [-0.4, -0.2) is 35.6 Å². The van der Waals surface area contributed by atoms with Gasteiger partial charge in [0.2, 0.25) is 0 Å². The minimum atomic E-state index is -0.468. The first-order valence-electron chi connectivity index (χ1n) is 5.45. The number of hydrogen-bond donors (Lipinski definition) is 1. The van der Waals surface area contributed by atoms with E-state index in [2.05, 4.69) is 0 Å². The fourth-order valence-corrected chi connectivity index (χ4v) is 1.75. The van der Waals surface area contributed by atoms with Gasteiger partial charge in [-0.05, 0) is 31.5 Å². The summed E-state index contributed by atoms with van der Waals surface area (Å²) < 4.78 is 12.9. The number of aliphatic hydroxyl groups excluding tert-OH is 1. The highest BCUT2D eigenvalue weighted by molar-refractivity contribution is 6.33. The second-order valence-electron chi connectivity index (χ2n) is 3.59. The lowest BCUT2D eigenvalue weighted by atomic mass is 10.2. The Hall–Kier alpha value is -1.13. The molecule has 0 bridgehead atoms. The summed E-state index contributed by atoms with van der Waals surface area (Å²) in [5.41, 5.74) is 0.285. The molecule has 0 aromatic heterocycles. The summed E-state index contributed by atoms with van der Waals surface area (Å²) in [6.45, 7) is 2.85. The van der Waals surface area contributed by atoms with Crippen LogP contribution in [0.1, 0.15) is 23.7 Å². The number of halogens is 2. The summed E-state index contributed by atoms with van der Waals surface area (Å²) in [7, 11) is 0. The number of aliphatic hydroxyl groups is 1. The van der Waals surface area contributed by atoms with Crippen LogP contribution in [0.5, 0.6) is 0 Å². The predicted molar refractivity (Wildman–Crippen MR) is 64.7 cm³/mol. The van der Waals surface area contributed by atoms with Gasteiger partial charge in [-0.1, -0.05) is 11.6 Å². The van der Waals surface area contributed by atoms with Crippen LogP contribution in [0.2, 0.25) is 5.02 Å². The largest absolute Gasteiger partial charge is 0.396 e. The van der Waals surface area contributed by atoms with Crippen LogP contribution in [0.15, 0.2) is 18.2 Å². The van der Waals surface area contributed by atoms with E-state index in [-0.39, 0.29) is 23.1 Å². The maximum atomic E-state index is 12.9. The van der Waals surface area contributed by atoms with Crippen molar-refractivity contribution in [3.05, 3.63) is 34.6 Å². The number of hydrogen-bond acceptors (Lipinski definition) is 2. The number of nitrogens with zero attached hydrogens (tertiary/aromatic N) is 1. The van der Waals surface area contributed by atoms with Crippen molar-refractivity contribution in [2.24, 2.45) is 0 Å². The molecule has 0 aliphatic carbocycles. The summed E-state index contributed by atoms with van der Waals surface area (Å²) in [6, 6.07) is 3.70. The third-order valence-electron chi connectivity index (χ3n) is 2.42. The van der Waals surface area contributed by atoms with E-state index in [1.807, 2.05) is 6.92 Å². The Kier molecular flexibility index (Phi) is 5.38. The maximum Gasteiger partial charge on any atom is 0.255 e. The summed E-state index contributed by atoms with van der Waals surface area (Å²) >= 11 is 5.82. The van der Waals surface area contributed by atoms with Crippen molar-refractivity contribution in [2.45, 2.75) is 13.3 Å². The Labute approximate surface area is 105 Å². The monoisotopic (exact) mass is 259 g/mol. The second-order valence-corrected chi connectivity index (χ2v) is 3.99. The fraction of sp³-hybridized carbons (Fsp3) is 0.417. The van der Waals surface area contributed by atoms with E-state index in [0.29, 0.717) is 19.5 Å². The van der Waals surface area contributed by atoms with Crippen LogP contribution in [-0.2, 0) is 0 Å². The van der Waals surface area contributed by atoms with Gasteiger partial charge in [0.05, 0.1) is 10.6 Å². The minimum absolute atomic E-state index is 0.0287. The molecular weight excluding hydrogens is 245 g/mol. The van der Waals surface area contributed by atoms with Gasteiger partial charge < -0.3 is 10.0 Å². The van der Waals surface area contributed by atoms with Crippen molar-refractivity contribution in [3.8, 4) is 0 Å². The van der Waals surface area contributed by atoms with Crippen molar-refractivity contribution in [2.75, 3.05) is 19.7 Å². The molecule has 0 heterocycles. The van der Waals surface area contributed by atoms with Crippen molar-refractivity contribution >= 4 is 17.5 Å². The molecule has 1 N–H and O–H groups in total. The van der Waals surface area contributed by atoms with E-state index in [1.165, 1.54) is 12.1 Å². The maximum absolute atomic E-state index is 12.9.